The smallest absolute Gasteiger partial charge is 0.416 e. The van der Waals surface area contributed by atoms with Crippen molar-refractivity contribution in [2.75, 3.05) is 5.32 Å². The molecule has 0 bridgehead atoms. The van der Waals surface area contributed by atoms with Crippen molar-refractivity contribution >= 4 is 23.4 Å². The van der Waals surface area contributed by atoms with Crippen molar-refractivity contribution in [1.82, 2.24) is 0 Å². The van der Waals surface area contributed by atoms with Crippen LogP contribution in [0.15, 0.2) is 53.7 Å². The normalized spacial score (nSPS) is 12.7. The van der Waals surface area contributed by atoms with Crippen LogP contribution in [0, 0.1) is 5.21 Å². The van der Waals surface area contributed by atoms with Crippen LogP contribution in [0.2, 0.25) is 0 Å². The van der Waals surface area contributed by atoms with Crippen LogP contribution in [-0.4, -0.2) is 11.2 Å². The highest BCUT2D eigenvalue weighted by Crippen LogP contribution is 2.30. The van der Waals surface area contributed by atoms with Gasteiger partial charge in [-0.3, -0.25) is 4.79 Å². The van der Waals surface area contributed by atoms with E-state index < -0.39 is 22.9 Å². The van der Waals surface area contributed by atoms with E-state index in [0.29, 0.717) is 9.76 Å². The lowest BCUT2D eigenvalue weighted by atomic mass is 10.2. The molecule has 1 N–H and O–H groups in total. The highest BCUT2D eigenvalue weighted by molar-refractivity contribution is 8.00. The van der Waals surface area contributed by atoms with Gasteiger partial charge in [0.15, 0.2) is 6.20 Å². The summed E-state index contributed by atoms with van der Waals surface area (Å²) in [6, 6.07) is 9.01. The number of nitrogens with one attached hydrogen (secondary N) is 1. The summed E-state index contributed by atoms with van der Waals surface area (Å²) >= 11 is 1.06. The van der Waals surface area contributed by atoms with Gasteiger partial charge in [-0.05, 0) is 49.0 Å². The summed E-state index contributed by atoms with van der Waals surface area (Å²) in [5.74, 6) is -0.404. The first-order valence-electron chi connectivity index (χ1n) is 6.60. The largest absolute Gasteiger partial charge is 0.618 e. The number of nitrogens with zero attached hydrogens (tertiary/aromatic N) is 1. The molecule has 23 heavy (non-hydrogen) atoms. The van der Waals surface area contributed by atoms with Gasteiger partial charge in [0.2, 0.25) is 5.91 Å². The molecule has 0 aliphatic carbocycles. The van der Waals surface area contributed by atoms with Crippen LogP contribution in [0.25, 0.3) is 0 Å². The molecule has 122 valence electrons. The summed E-state index contributed by atoms with van der Waals surface area (Å²) in [6.07, 6.45) is -3.09. The van der Waals surface area contributed by atoms with Crippen LogP contribution in [0.1, 0.15) is 12.5 Å². The molecular weight excluding hydrogens is 329 g/mol. The van der Waals surface area contributed by atoms with Crippen molar-refractivity contribution in [3.05, 3.63) is 59.4 Å². The van der Waals surface area contributed by atoms with Crippen LogP contribution in [-0.2, 0) is 11.0 Å². The van der Waals surface area contributed by atoms with Crippen LogP contribution in [0.5, 0.6) is 0 Å². The minimum absolute atomic E-state index is 0.263. The van der Waals surface area contributed by atoms with Gasteiger partial charge in [-0.15, -0.1) is 0 Å². The zero-order chi connectivity index (χ0) is 17.0. The third-order valence-corrected chi connectivity index (χ3v) is 4.06. The highest BCUT2D eigenvalue weighted by atomic mass is 32.2. The zero-order valence-corrected chi connectivity index (χ0v) is 12.8. The summed E-state index contributed by atoms with van der Waals surface area (Å²) < 4.78 is 38.0. The Bertz CT molecular complexity index is 690. The van der Waals surface area contributed by atoms with E-state index in [1.807, 2.05) is 0 Å². The van der Waals surface area contributed by atoms with E-state index in [1.54, 1.807) is 25.1 Å². The van der Waals surface area contributed by atoms with Crippen molar-refractivity contribution < 1.29 is 22.7 Å². The van der Waals surface area contributed by atoms with E-state index in [1.165, 1.54) is 18.3 Å². The first kappa shape index (κ1) is 17.1. The van der Waals surface area contributed by atoms with Crippen LogP contribution < -0.4 is 10.0 Å². The fraction of sp³-hybridized carbons (Fsp3) is 0.200. The first-order chi connectivity index (χ1) is 10.8. The molecule has 0 radical (unpaired) electrons. The highest BCUT2D eigenvalue weighted by Gasteiger charge is 2.30. The molecule has 1 atom stereocenters. The fourth-order valence-corrected chi connectivity index (χ4v) is 2.58. The SMILES string of the molecule is C[C@H](Sc1cccc[n+]1[O-])C(=O)Nc1ccc(C(F)(F)F)cc1. The quantitative estimate of drug-likeness (QED) is 0.526. The summed E-state index contributed by atoms with van der Waals surface area (Å²) in [7, 11) is 0. The second-order valence-corrected chi connectivity index (χ2v) is 6.05. The number of anilines is 1. The number of pyridine rings is 1. The molecule has 0 aliphatic rings. The number of carbonyl (C=O) groups is 1. The number of thioether (sulfide) groups is 1. The molecule has 2 rings (SSSR count). The number of alkyl halides is 3. The van der Waals surface area contributed by atoms with Gasteiger partial charge in [0, 0.05) is 17.8 Å². The number of carbonyl (C=O) groups excluding carboxylic acids is 1. The number of rotatable bonds is 4. The summed E-state index contributed by atoms with van der Waals surface area (Å²) in [5, 5.41) is 13.8. The van der Waals surface area contributed by atoms with E-state index in [4.69, 9.17) is 0 Å². The predicted molar refractivity (Wildman–Crippen MR) is 80.8 cm³/mol. The Hall–Kier alpha value is -2.22. The fourth-order valence-electron chi connectivity index (χ4n) is 1.72. The van der Waals surface area contributed by atoms with Crippen molar-refractivity contribution in [3.8, 4) is 0 Å². The molecule has 1 amide bonds. The van der Waals surface area contributed by atoms with E-state index in [2.05, 4.69) is 5.32 Å². The van der Waals surface area contributed by atoms with E-state index in [0.717, 1.165) is 23.9 Å². The number of halogens is 3. The lowest BCUT2D eigenvalue weighted by Crippen LogP contribution is -2.30. The number of amides is 1. The number of hydrogen-bond donors (Lipinski definition) is 1. The van der Waals surface area contributed by atoms with Gasteiger partial charge in [-0.25, -0.2) is 0 Å². The van der Waals surface area contributed by atoms with Gasteiger partial charge in [0.05, 0.1) is 10.8 Å². The second kappa shape index (κ2) is 6.91. The second-order valence-electron chi connectivity index (χ2n) is 4.69. The molecule has 1 aromatic carbocycles. The molecule has 0 fully saturated rings. The molecule has 0 spiro atoms. The van der Waals surface area contributed by atoms with Gasteiger partial charge >= 0.3 is 6.18 Å². The standard InChI is InChI=1S/C15H13F3N2O2S/c1-10(23-13-4-2-3-9-20(13)22)14(21)19-12-7-5-11(6-8-12)15(16,17)18/h2-10H,1H3,(H,19,21)/t10-/m0/s1. The first-order valence-corrected chi connectivity index (χ1v) is 7.48. The lowest BCUT2D eigenvalue weighted by Gasteiger charge is -2.12. The maximum Gasteiger partial charge on any atom is 0.416 e. The minimum Gasteiger partial charge on any atom is -0.618 e. The Kier molecular flexibility index (Phi) is 5.15. The van der Waals surface area contributed by atoms with Gasteiger partial charge in [-0.1, -0.05) is 0 Å². The molecule has 1 heterocycles. The number of aromatic nitrogens is 1. The average Bonchev–Trinajstić information content (AvgIpc) is 2.49. The molecule has 2 aromatic rings. The monoisotopic (exact) mass is 342 g/mol. The summed E-state index contributed by atoms with van der Waals surface area (Å²) in [6.45, 7) is 1.61. The number of hydrogen-bond acceptors (Lipinski definition) is 3. The van der Waals surface area contributed by atoms with Gasteiger partial charge in [0.25, 0.3) is 5.03 Å². The van der Waals surface area contributed by atoms with Crippen molar-refractivity contribution in [2.24, 2.45) is 0 Å². The van der Waals surface area contributed by atoms with E-state index >= 15 is 0 Å². The van der Waals surface area contributed by atoms with Crippen molar-refractivity contribution in [3.63, 3.8) is 0 Å². The van der Waals surface area contributed by atoms with Gasteiger partial charge in [0.1, 0.15) is 0 Å². The Balaban J connectivity index is 2.00. The molecule has 4 nitrogen and oxygen atoms in total. The van der Waals surface area contributed by atoms with Crippen molar-refractivity contribution in [2.45, 2.75) is 23.4 Å². The third-order valence-electron chi connectivity index (χ3n) is 2.94. The Morgan fingerprint density at radius 2 is 1.87 bits per heavy atom. The maximum absolute atomic E-state index is 12.5. The van der Waals surface area contributed by atoms with Crippen LogP contribution in [0.4, 0.5) is 18.9 Å². The Morgan fingerprint density at radius 1 is 1.22 bits per heavy atom. The van der Waals surface area contributed by atoms with Gasteiger partial charge in [-0.2, -0.15) is 17.9 Å². The predicted octanol–water partition coefficient (Wildman–Crippen LogP) is 3.46. The third kappa shape index (κ3) is 4.62. The summed E-state index contributed by atoms with van der Waals surface area (Å²) in [4.78, 5) is 12.0. The zero-order valence-electron chi connectivity index (χ0n) is 12.0. The Labute approximate surface area is 134 Å². The minimum atomic E-state index is -4.42. The summed E-state index contributed by atoms with van der Waals surface area (Å²) in [5.41, 5.74) is -0.520. The van der Waals surface area contributed by atoms with E-state index in [-0.39, 0.29) is 5.69 Å². The Morgan fingerprint density at radius 3 is 2.43 bits per heavy atom. The topological polar surface area (TPSA) is 56.0 Å². The van der Waals surface area contributed by atoms with Crippen molar-refractivity contribution in [1.29, 1.82) is 0 Å². The molecular formula is C15H13F3N2O2S. The van der Waals surface area contributed by atoms with Crippen LogP contribution in [0.3, 0.4) is 0 Å². The van der Waals surface area contributed by atoms with Gasteiger partial charge < -0.3 is 10.5 Å². The molecule has 0 saturated heterocycles. The molecule has 0 unspecified atom stereocenters. The maximum atomic E-state index is 12.5. The van der Waals surface area contributed by atoms with Crippen LogP contribution >= 0.6 is 11.8 Å². The molecule has 8 heteroatoms. The average molecular weight is 342 g/mol. The molecule has 0 aliphatic heterocycles. The lowest BCUT2D eigenvalue weighted by molar-refractivity contribution is -0.645. The molecule has 0 saturated carbocycles. The number of benzene rings is 1. The molecule has 1 aromatic heterocycles. The van der Waals surface area contributed by atoms with E-state index in [9.17, 15) is 23.2 Å².